The zero-order valence-electron chi connectivity index (χ0n) is 28.8. The fourth-order valence-corrected chi connectivity index (χ4v) is 5.54. The molecule has 2 heterocycles. The molecule has 0 radical (unpaired) electrons. The number of hydroxylamine groups is 2. The van der Waals surface area contributed by atoms with Gasteiger partial charge in [-0.05, 0) is 74.9 Å². The van der Waals surface area contributed by atoms with Crippen molar-refractivity contribution in [3.8, 4) is 17.4 Å². The first-order valence-corrected chi connectivity index (χ1v) is 17.8. The number of methoxy groups -OCH3 is 1. The Labute approximate surface area is 291 Å². The van der Waals surface area contributed by atoms with Crippen molar-refractivity contribution in [1.29, 1.82) is 0 Å². The minimum Gasteiger partial charge on any atom is -0.492 e. The quantitative estimate of drug-likeness (QED) is 0.192. The summed E-state index contributed by atoms with van der Waals surface area (Å²) in [5.74, 6) is 0.536. The molecule has 16 heteroatoms. The van der Waals surface area contributed by atoms with Crippen LogP contribution < -0.4 is 24.8 Å². The van der Waals surface area contributed by atoms with Gasteiger partial charge in [-0.25, -0.2) is 23.2 Å². The summed E-state index contributed by atoms with van der Waals surface area (Å²) in [5, 5.41) is 8.01. The third-order valence-corrected chi connectivity index (χ3v) is 8.05. The number of benzene rings is 2. The highest BCUT2D eigenvalue weighted by Crippen LogP contribution is 2.39. The van der Waals surface area contributed by atoms with Gasteiger partial charge in [0, 0.05) is 30.8 Å². The number of nitrogens with one attached hydrogen (secondary N) is 3. The highest BCUT2D eigenvalue weighted by atomic mass is 35.5. The molecular weight excluding hydrogens is 676 g/mol. The number of carbonyl (C=O) groups is 2. The lowest BCUT2D eigenvalue weighted by Gasteiger charge is -2.31. The van der Waals surface area contributed by atoms with Crippen LogP contribution in [0.4, 0.5) is 22.0 Å². The molecule has 3 aromatic rings. The molecule has 1 fully saturated rings. The average Bonchev–Trinajstić information content (AvgIpc) is 2.97. The number of carbonyl (C=O) groups excluding carboxylic acids is 2. The maximum Gasteiger partial charge on any atom is 0.528 e. The van der Waals surface area contributed by atoms with Crippen LogP contribution in [0.2, 0.25) is 5.02 Å². The van der Waals surface area contributed by atoms with Gasteiger partial charge in [0.05, 0.1) is 29.8 Å². The molecule has 1 aliphatic rings. The first-order valence-electron chi connectivity index (χ1n) is 15.5. The molecule has 266 valence electrons. The van der Waals surface area contributed by atoms with Crippen molar-refractivity contribution in [3.63, 3.8) is 0 Å². The van der Waals surface area contributed by atoms with Gasteiger partial charge in [-0.3, -0.25) is 9.52 Å². The van der Waals surface area contributed by atoms with Crippen LogP contribution in [0.15, 0.2) is 42.7 Å². The zero-order valence-corrected chi connectivity index (χ0v) is 30.4. The number of ether oxygens (including phenoxy) is 3. The summed E-state index contributed by atoms with van der Waals surface area (Å²) in [5.41, 5.74) is 0.438. The van der Waals surface area contributed by atoms with E-state index in [1.165, 1.54) is 31.6 Å². The third-order valence-electron chi connectivity index (χ3n) is 7.15. The summed E-state index contributed by atoms with van der Waals surface area (Å²) < 4.78 is 43.4. The van der Waals surface area contributed by atoms with Crippen molar-refractivity contribution >= 4 is 50.9 Å². The normalized spacial score (nSPS) is 14.5. The average molecular weight is 719 g/mol. The summed E-state index contributed by atoms with van der Waals surface area (Å²) >= 11 is 6.44. The monoisotopic (exact) mass is 718 g/mol. The standard InChI is InChI=1S/C33H43ClN6O8S/c1-32(2,3)21-16-24(29(45-7)25(17-21)39-49(8,43)44)38-30(41)20-9-10-23(34)26(15-20)46-28-18-27(35-19-36-28)37-22-11-13-40(14-12-22)48-31(42)47-33(4,5)6/h9-10,15-19,22,39H,11-14H2,1-8H3,(H,38,41)(H,35,36,37). The van der Waals surface area contributed by atoms with Crippen LogP contribution in [0.5, 0.6) is 17.4 Å². The summed E-state index contributed by atoms with van der Waals surface area (Å²) in [4.78, 5) is 39.3. The molecule has 0 spiro atoms. The second-order valence-electron chi connectivity index (χ2n) is 13.6. The first kappa shape index (κ1) is 37.5. The highest BCUT2D eigenvalue weighted by Gasteiger charge is 2.26. The number of anilines is 3. The fourth-order valence-electron chi connectivity index (χ4n) is 4.83. The van der Waals surface area contributed by atoms with Crippen molar-refractivity contribution in [1.82, 2.24) is 15.0 Å². The van der Waals surface area contributed by atoms with Gasteiger partial charge in [0.15, 0.2) is 5.75 Å². The van der Waals surface area contributed by atoms with Gasteiger partial charge in [0.25, 0.3) is 5.91 Å². The minimum atomic E-state index is -3.64. The van der Waals surface area contributed by atoms with Crippen molar-refractivity contribution in [2.45, 2.75) is 71.4 Å². The Morgan fingerprint density at radius 1 is 0.980 bits per heavy atom. The van der Waals surface area contributed by atoms with Crippen LogP contribution in [0, 0.1) is 0 Å². The van der Waals surface area contributed by atoms with E-state index in [2.05, 4.69) is 25.3 Å². The summed E-state index contributed by atoms with van der Waals surface area (Å²) in [6.07, 6.45) is 3.01. The molecule has 3 N–H and O–H groups in total. The molecule has 2 aromatic carbocycles. The largest absolute Gasteiger partial charge is 0.528 e. The number of aromatic nitrogens is 2. The lowest BCUT2D eigenvalue weighted by Crippen LogP contribution is -2.41. The van der Waals surface area contributed by atoms with E-state index in [1.54, 1.807) is 44.0 Å². The summed E-state index contributed by atoms with van der Waals surface area (Å²) in [6, 6.07) is 9.63. The maximum atomic E-state index is 13.5. The number of amides is 1. The lowest BCUT2D eigenvalue weighted by atomic mass is 9.86. The Balaban J connectivity index is 1.45. The Kier molecular flexibility index (Phi) is 11.5. The predicted octanol–water partition coefficient (Wildman–Crippen LogP) is 6.60. The molecule has 1 saturated heterocycles. The molecule has 14 nitrogen and oxygen atoms in total. The van der Waals surface area contributed by atoms with Crippen LogP contribution in [-0.2, 0) is 25.0 Å². The minimum absolute atomic E-state index is 0.0544. The SMILES string of the molecule is COc1c(NC(=O)c2ccc(Cl)c(Oc3cc(NC4CCN(OC(=O)OC(C)(C)C)CC4)ncn3)c2)cc(C(C)(C)C)cc1NS(C)(=O)=O. The van der Waals surface area contributed by atoms with Crippen LogP contribution >= 0.6 is 11.6 Å². The van der Waals surface area contributed by atoms with Gasteiger partial charge in [0.2, 0.25) is 15.9 Å². The molecule has 0 unspecified atom stereocenters. The number of nitrogens with zero attached hydrogens (tertiary/aromatic N) is 3. The van der Waals surface area contributed by atoms with Gasteiger partial charge < -0.3 is 29.7 Å². The topological polar surface area (TPSA) is 170 Å². The van der Waals surface area contributed by atoms with Crippen molar-refractivity contribution in [2.75, 3.05) is 41.8 Å². The Bertz CT molecular complexity index is 1780. The first-order chi connectivity index (χ1) is 22.8. The highest BCUT2D eigenvalue weighted by molar-refractivity contribution is 7.92. The molecule has 1 amide bonds. The van der Waals surface area contributed by atoms with E-state index in [1.807, 2.05) is 20.8 Å². The molecule has 4 rings (SSSR count). The lowest BCUT2D eigenvalue weighted by molar-refractivity contribution is -0.151. The molecule has 0 saturated carbocycles. The predicted molar refractivity (Wildman–Crippen MR) is 187 cm³/mol. The van der Waals surface area contributed by atoms with Crippen molar-refractivity contribution in [2.24, 2.45) is 0 Å². The number of sulfonamides is 1. The molecule has 1 aliphatic heterocycles. The van der Waals surface area contributed by atoms with Gasteiger partial charge in [-0.2, -0.15) is 0 Å². The Morgan fingerprint density at radius 2 is 1.65 bits per heavy atom. The molecule has 0 aliphatic carbocycles. The van der Waals surface area contributed by atoms with E-state index >= 15 is 0 Å². The fraction of sp³-hybridized carbons (Fsp3) is 0.455. The smallest absolute Gasteiger partial charge is 0.492 e. The number of hydrogen-bond donors (Lipinski definition) is 3. The van der Waals surface area contributed by atoms with E-state index in [4.69, 9.17) is 30.6 Å². The van der Waals surface area contributed by atoms with Crippen LogP contribution in [-0.4, -0.2) is 73.6 Å². The van der Waals surface area contributed by atoms with Gasteiger partial charge in [-0.1, -0.05) is 32.4 Å². The van der Waals surface area contributed by atoms with Crippen LogP contribution in [0.3, 0.4) is 0 Å². The number of rotatable bonds is 10. The maximum absolute atomic E-state index is 13.5. The molecular formula is C33H43ClN6O8S. The molecule has 49 heavy (non-hydrogen) atoms. The molecule has 0 bridgehead atoms. The van der Waals surface area contributed by atoms with E-state index in [0.717, 1.165) is 11.8 Å². The third kappa shape index (κ3) is 11.1. The molecule has 1 aromatic heterocycles. The van der Waals surface area contributed by atoms with Gasteiger partial charge >= 0.3 is 6.16 Å². The van der Waals surface area contributed by atoms with Gasteiger partial charge in [0.1, 0.15) is 23.5 Å². The summed E-state index contributed by atoms with van der Waals surface area (Å²) in [7, 11) is -2.26. The van der Waals surface area contributed by atoms with Crippen molar-refractivity contribution < 1.29 is 37.1 Å². The molecule has 0 atom stereocenters. The van der Waals surface area contributed by atoms with E-state index < -0.39 is 27.7 Å². The van der Waals surface area contributed by atoms with Crippen molar-refractivity contribution in [3.05, 3.63) is 58.9 Å². The van der Waals surface area contributed by atoms with Crippen LogP contribution in [0.25, 0.3) is 0 Å². The summed E-state index contributed by atoms with van der Waals surface area (Å²) in [6.45, 7) is 12.2. The zero-order chi connectivity index (χ0) is 36.1. The van der Waals surface area contributed by atoms with E-state index in [-0.39, 0.29) is 50.8 Å². The van der Waals surface area contributed by atoms with E-state index in [0.29, 0.717) is 31.7 Å². The number of piperidine rings is 1. The van der Waals surface area contributed by atoms with E-state index in [9.17, 15) is 18.0 Å². The second-order valence-corrected chi connectivity index (χ2v) is 15.7. The van der Waals surface area contributed by atoms with Crippen LogP contribution in [0.1, 0.15) is 70.3 Å². The van der Waals surface area contributed by atoms with Gasteiger partial charge in [-0.15, -0.1) is 5.06 Å². The number of halogens is 1. The second kappa shape index (κ2) is 15.0. The number of hydrogen-bond acceptors (Lipinski definition) is 12. The Morgan fingerprint density at radius 3 is 2.27 bits per heavy atom. The Hall–Kier alpha value is -4.34.